The van der Waals surface area contributed by atoms with E-state index >= 15 is 0 Å². The average Bonchev–Trinajstić information content (AvgIpc) is 2.93. The van der Waals surface area contributed by atoms with Gasteiger partial charge in [-0.15, -0.1) is 0 Å². The van der Waals surface area contributed by atoms with E-state index in [1.165, 1.54) is 0 Å². The lowest BCUT2D eigenvalue weighted by Crippen LogP contribution is -2.39. The fourth-order valence-electron chi connectivity index (χ4n) is 2.45. The molecule has 3 rings (SSSR count). The number of nitrogens with one attached hydrogen (secondary N) is 2. The van der Waals surface area contributed by atoms with Gasteiger partial charge in [0.05, 0.1) is 17.7 Å². The summed E-state index contributed by atoms with van der Waals surface area (Å²) in [6, 6.07) is 4.97. The second-order valence-electron chi connectivity index (χ2n) is 4.80. The Morgan fingerprint density at radius 3 is 3.05 bits per heavy atom. The summed E-state index contributed by atoms with van der Waals surface area (Å²) in [5.41, 5.74) is 1.83. The number of aromatic amines is 1. The lowest BCUT2D eigenvalue weighted by Gasteiger charge is -2.16. The van der Waals surface area contributed by atoms with Crippen LogP contribution in [0.5, 0.6) is 0 Å². The summed E-state index contributed by atoms with van der Waals surface area (Å²) in [6.45, 7) is 0. The van der Waals surface area contributed by atoms with Crippen molar-refractivity contribution in [2.75, 3.05) is 0 Å². The van der Waals surface area contributed by atoms with E-state index in [2.05, 4.69) is 10.3 Å². The monoisotopic (exact) mass is 278 g/mol. The largest absolute Gasteiger partial charge is 0.429 e. The van der Waals surface area contributed by atoms with Crippen molar-refractivity contribution in [1.82, 2.24) is 10.3 Å². The molecule has 1 heterocycles. The zero-order chi connectivity index (χ0) is 13.4. The normalized spacial score (nSPS) is 22.8. The molecule has 0 aliphatic heterocycles. The highest BCUT2D eigenvalue weighted by Crippen LogP contribution is 2.20. The minimum Gasteiger partial charge on any atom is -0.429 e. The van der Waals surface area contributed by atoms with Crippen molar-refractivity contribution in [3.05, 3.63) is 28.6 Å². The number of carbonyl (C=O) groups is 1. The van der Waals surface area contributed by atoms with E-state index < -0.39 is 6.10 Å². The number of fused-ring (bicyclic) bond motifs is 1. The first-order chi connectivity index (χ1) is 9.13. The van der Waals surface area contributed by atoms with Crippen LogP contribution >= 0.6 is 12.2 Å². The van der Waals surface area contributed by atoms with Crippen LogP contribution in [-0.2, 0) is 0 Å². The molecule has 1 saturated carbocycles. The zero-order valence-electron chi connectivity index (χ0n) is 10.2. The number of H-pyrrole nitrogens is 1. The molecule has 2 atom stereocenters. The number of aromatic nitrogens is 1. The summed E-state index contributed by atoms with van der Waals surface area (Å²) >= 11 is 4.90. The standard InChI is InChI=1S/C13H14N2O3S/c16-10-3-1-2-8(10)14-12(17)7-4-5-9-11(6-7)18-13(19)15-9/h4-6,8,10,16H,1-3H2,(H,14,17)(H,15,19). The van der Waals surface area contributed by atoms with Gasteiger partial charge in [0.15, 0.2) is 5.58 Å². The molecule has 1 fully saturated rings. The first-order valence-corrected chi connectivity index (χ1v) is 6.66. The Labute approximate surface area is 114 Å². The third-order valence-electron chi connectivity index (χ3n) is 3.48. The van der Waals surface area contributed by atoms with E-state index in [1.54, 1.807) is 18.2 Å². The maximum atomic E-state index is 12.1. The Kier molecular flexibility index (Phi) is 3.12. The highest BCUT2D eigenvalue weighted by Gasteiger charge is 2.26. The third kappa shape index (κ3) is 2.41. The molecular formula is C13H14N2O3S. The quantitative estimate of drug-likeness (QED) is 0.735. The van der Waals surface area contributed by atoms with Gasteiger partial charge in [-0.3, -0.25) is 4.79 Å². The minimum atomic E-state index is -0.441. The van der Waals surface area contributed by atoms with Gasteiger partial charge in [0.2, 0.25) is 0 Å². The van der Waals surface area contributed by atoms with E-state index in [0.717, 1.165) is 24.8 Å². The minimum absolute atomic E-state index is 0.152. The maximum Gasteiger partial charge on any atom is 0.266 e. The molecule has 1 aromatic carbocycles. The van der Waals surface area contributed by atoms with Gasteiger partial charge in [-0.25, -0.2) is 0 Å². The fourth-order valence-corrected chi connectivity index (χ4v) is 2.65. The molecule has 0 spiro atoms. The number of rotatable bonds is 2. The molecule has 2 aromatic rings. The molecule has 100 valence electrons. The summed E-state index contributed by atoms with van der Waals surface area (Å²) < 4.78 is 5.28. The molecule has 0 bridgehead atoms. The van der Waals surface area contributed by atoms with Crippen molar-refractivity contribution < 1.29 is 14.3 Å². The maximum absolute atomic E-state index is 12.1. The highest BCUT2D eigenvalue weighted by molar-refractivity contribution is 7.71. The van der Waals surface area contributed by atoms with Crippen LogP contribution in [-0.4, -0.2) is 28.1 Å². The van der Waals surface area contributed by atoms with Gasteiger partial charge in [0.25, 0.3) is 10.7 Å². The molecule has 1 aliphatic carbocycles. The second-order valence-corrected chi connectivity index (χ2v) is 5.17. The number of aliphatic hydroxyl groups is 1. The predicted octanol–water partition coefficient (Wildman–Crippen LogP) is 2.13. The van der Waals surface area contributed by atoms with Crippen molar-refractivity contribution >= 4 is 29.2 Å². The van der Waals surface area contributed by atoms with E-state index in [1.807, 2.05) is 0 Å². The van der Waals surface area contributed by atoms with Crippen molar-refractivity contribution in [2.45, 2.75) is 31.4 Å². The predicted molar refractivity (Wildman–Crippen MR) is 72.5 cm³/mol. The van der Waals surface area contributed by atoms with Gasteiger partial charge in [0.1, 0.15) is 0 Å². The number of oxazole rings is 1. The summed E-state index contributed by atoms with van der Waals surface area (Å²) in [5.74, 6) is -0.199. The van der Waals surface area contributed by atoms with Crippen LogP contribution in [0.25, 0.3) is 11.1 Å². The van der Waals surface area contributed by atoms with Crippen molar-refractivity contribution in [3.8, 4) is 0 Å². The number of hydrogen-bond acceptors (Lipinski definition) is 4. The zero-order valence-corrected chi connectivity index (χ0v) is 11.0. The van der Waals surface area contributed by atoms with Crippen molar-refractivity contribution in [2.24, 2.45) is 0 Å². The number of amides is 1. The topological polar surface area (TPSA) is 78.3 Å². The Morgan fingerprint density at radius 2 is 2.32 bits per heavy atom. The summed E-state index contributed by atoms with van der Waals surface area (Å²) in [6.07, 6.45) is 2.07. The Bertz CT molecular complexity index is 676. The molecule has 1 aromatic heterocycles. The molecular weight excluding hydrogens is 264 g/mol. The number of hydrogen-bond donors (Lipinski definition) is 3. The van der Waals surface area contributed by atoms with E-state index in [9.17, 15) is 9.90 Å². The van der Waals surface area contributed by atoms with Gasteiger partial charge in [-0.05, 0) is 49.7 Å². The molecule has 5 nitrogen and oxygen atoms in total. The molecule has 0 radical (unpaired) electrons. The van der Waals surface area contributed by atoms with Crippen molar-refractivity contribution in [3.63, 3.8) is 0 Å². The molecule has 1 aliphatic rings. The molecule has 2 unspecified atom stereocenters. The van der Waals surface area contributed by atoms with Crippen LogP contribution in [0.3, 0.4) is 0 Å². The molecule has 1 amide bonds. The average molecular weight is 278 g/mol. The van der Waals surface area contributed by atoms with Crippen LogP contribution in [0, 0.1) is 4.84 Å². The van der Waals surface area contributed by atoms with E-state index in [4.69, 9.17) is 16.6 Å². The lowest BCUT2D eigenvalue weighted by molar-refractivity contribution is 0.0873. The molecule has 3 N–H and O–H groups in total. The Hall–Kier alpha value is -1.66. The number of carbonyl (C=O) groups excluding carboxylic acids is 1. The van der Waals surface area contributed by atoms with Crippen LogP contribution in [0.1, 0.15) is 29.6 Å². The Morgan fingerprint density at radius 1 is 1.47 bits per heavy atom. The van der Waals surface area contributed by atoms with Gasteiger partial charge in [-0.2, -0.15) is 0 Å². The molecule has 0 saturated heterocycles. The molecule has 19 heavy (non-hydrogen) atoms. The summed E-state index contributed by atoms with van der Waals surface area (Å²) in [5, 5.41) is 12.6. The Balaban J connectivity index is 1.82. The van der Waals surface area contributed by atoms with Crippen LogP contribution in [0.15, 0.2) is 22.6 Å². The van der Waals surface area contributed by atoms with Gasteiger partial charge < -0.3 is 19.8 Å². The number of benzene rings is 1. The third-order valence-corrected chi connectivity index (χ3v) is 3.66. The smallest absolute Gasteiger partial charge is 0.266 e. The van der Waals surface area contributed by atoms with Gasteiger partial charge >= 0.3 is 0 Å². The SMILES string of the molecule is O=C(NC1CCCC1O)c1ccc2[nH]c(=S)oc2c1. The van der Waals surface area contributed by atoms with Crippen LogP contribution < -0.4 is 5.32 Å². The number of aliphatic hydroxyl groups excluding tert-OH is 1. The first kappa shape index (κ1) is 12.4. The summed E-state index contributed by atoms with van der Waals surface area (Å²) in [7, 11) is 0. The van der Waals surface area contributed by atoms with Crippen molar-refractivity contribution in [1.29, 1.82) is 0 Å². The van der Waals surface area contributed by atoms with E-state index in [-0.39, 0.29) is 11.9 Å². The second kappa shape index (κ2) is 4.79. The van der Waals surface area contributed by atoms with Gasteiger partial charge in [0, 0.05) is 5.56 Å². The van der Waals surface area contributed by atoms with Crippen LogP contribution in [0.2, 0.25) is 0 Å². The lowest BCUT2D eigenvalue weighted by atomic mass is 10.1. The highest BCUT2D eigenvalue weighted by atomic mass is 32.1. The van der Waals surface area contributed by atoms with Gasteiger partial charge in [-0.1, -0.05) is 0 Å². The van der Waals surface area contributed by atoms with E-state index in [0.29, 0.717) is 16.0 Å². The summed E-state index contributed by atoms with van der Waals surface area (Å²) in [4.78, 5) is 15.3. The molecule has 6 heteroatoms. The first-order valence-electron chi connectivity index (χ1n) is 6.25. The fraction of sp³-hybridized carbons (Fsp3) is 0.385. The van der Waals surface area contributed by atoms with Crippen LogP contribution in [0.4, 0.5) is 0 Å².